The van der Waals surface area contributed by atoms with Crippen molar-refractivity contribution in [2.75, 3.05) is 6.61 Å². The molecule has 0 fully saturated rings. The molecule has 1 aromatic rings. The molecule has 0 radical (unpaired) electrons. The van der Waals surface area contributed by atoms with Crippen LogP contribution in [0.2, 0.25) is 0 Å². The molecule has 19 heavy (non-hydrogen) atoms. The Morgan fingerprint density at radius 1 is 1.00 bits per heavy atom. The minimum atomic E-state index is -0.211. The Morgan fingerprint density at radius 3 is 1.84 bits per heavy atom. The van der Waals surface area contributed by atoms with E-state index < -0.39 is 0 Å². The first kappa shape index (κ1) is 15.7. The van der Waals surface area contributed by atoms with Crippen LogP contribution in [0.3, 0.4) is 0 Å². The lowest BCUT2D eigenvalue weighted by molar-refractivity contribution is 0.0526. The SMILES string of the molecule is CCOC(=O)c1cc(C(C)CC)cc(C(C)CC)c1. The van der Waals surface area contributed by atoms with E-state index in [1.54, 1.807) is 0 Å². The third-order valence-electron chi connectivity index (χ3n) is 3.85. The molecule has 0 saturated heterocycles. The topological polar surface area (TPSA) is 26.3 Å². The van der Waals surface area contributed by atoms with Gasteiger partial charge in [0.2, 0.25) is 0 Å². The Bertz CT molecular complexity index is 395. The molecule has 0 aliphatic rings. The van der Waals surface area contributed by atoms with Crippen molar-refractivity contribution in [3.63, 3.8) is 0 Å². The molecule has 0 aromatic heterocycles. The lowest BCUT2D eigenvalue weighted by Crippen LogP contribution is -2.08. The number of hydrogen-bond donors (Lipinski definition) is 0. The number of carbonyl (C=O) groups is 1. The van der Waals surface area contributed by atoms with Crippen molar-refractivity contribution in [1.29, 1.82) is 0 Å². The van der Waals surface area contributed by atoms with E-state index >= 15 is 0 Å². The molecule has 0 aliphatic carbocycles. The molecule has 1 rings (SSSR count). The van der Waals surface area contributed by atoms with Crippen LogP contribution in [0.5, 0.6) is 0 Å². The summed E-state index contributed by atoms with van der Waals surface area (Å²) in [6, 6.07) is 6.21. The highest BCUT2D eigenvalue weighted by Gasteiger charge is 2.14. The zero-order valence-corrected chi connectivity index (χ0v) is 12.8. The predicted octanol–water partition coefficient (Wildman–Crippen LogP) is 4.89. The van der Waals surface area contributed by atoms with Crippen LogP contribution in [-0.2, 0) is 4.74 Å². The highest BCUT2D eigenvalue weighted by atomic mass is 16.5. The van der Waals surface area contributed by atoms with E-state index in [0.717, 1.165) is 12.8 Å². The number of ether oxygens (including phenoxy) is 1. The zero-order chi connectivity index (χ0) is 14.4. The van der Waals surface area contributed by atoms with Crippen LogP contribution in [-0.4, -0.2) is 12.6 Å². The first-order chi connectivity index (χ1) is 9.03. The van der Waals surface area contributed by atoms with Gasteiger partial charge in [-0.05, 0) is 54.9 Å². The Hall–Kier alpha value is -1.31. The van der Waals surface area contributed by atoms with E-state index in [-0.39, 0.29) is 5.97 Å². The summed E-state index contributed by atoms with van der Waals surface area (Å²) in [5.74, 6) is 0.728. The summed E-state index contributed by atoms with van der Waals surface area (Å²) in [5.41, 5.74) is 3.17. The summed E-state index contributed by atoms with van der Waals surface area (Å²) in [7, 11) is 0. The Kier molecular flexibility index (Phi) is 6.07. The van der Waals surface area contributed by atoms with Gasteiger partial charge in [-0.1, -0.05) is 33.8 Å². The fourth-order valence-electron chi connectivity index (χ4n) is 2.05. The molecular formula is C17H26O2. The van der Waals surface area contributed by atoms with Crippen LogP contribution in [0.4, 0.5) is 0 Å². The zero-order valence-electron chi connectivity index (χ0n) is 12.8. The van der Waals surface area contributed by atoms with E-state index in [1.165, 1.54) is 11.1 Å². The highest BCUT2D eigenvalue weighted by molar-refractivity contribution is 5.90. The van der Waals surface area contributed by atoms with Gasteiger partial charge in [-0.15, -0.1) is 0 Å². The van der Waals surface area contributed by atoms with Gasteiger partial charge in [-0.25, -0.2) is 4.79 Å². The standard InChI is InChI=1S/C17H26O2/c1-6-12(4)14-9-15(13(5)7-2)11-16(10-14)17(18)19-8-3/h9-13H,6-8H2,1-5H3. The second-order valence-corrected chi connectivity index (χ2v) is 5.23. The monoisotopic (exact) mass is 262 g/mol. The molecule has 2 heteroatoms. The average Bonchev–Trinajstić information content (AvgIpc) is 2.45. The molecule has 2 unspecified atom stereocenters. The number of carbonyl (C=O) groups excluding carboxylic acids is 1. The second-order valence-electron chi connectivity index (χ2n) is 5.23. The van der Waals surface area contributed by atoms with E-state index in [2.05, 4.69) is 33.8 Å². The van der Waals surface area contributed by atoms with Crippen LogP contribution in [0.1, 0.15) is 80.8 Å². The van der Waals surface area contributed by atoms with Gasteiger partial charge in [0.25, 0.3) is 0 Å². The van der Waals surface area contributed by atoms with Crippen molar-refractivity contribution < 1.29 is 9.53 Å². The third kappa shape index (κ3) is 4.09. The molecule has 0 spiro atoms. The van der Waals surface area contributed by atoms with Crippen LogP contribution in [0.25, 0.3) is 0 Å². The fraction of sp³-hybridized carbons (Fsp3) is 0.588. The molecule has 1 aromatic carbocycles. The summed E-state index contributed by atoms with van der Waals surface area (Å²) < 4.78 is 5.13. The molecule has 2 nitrogen and oxygen atoms in total. The van der Waals surface area contributed by atoms with Crippen LogP contribution >= 0.6 is 0 Å². The Labute approximate surface area is 117 Å². The Morgan fingerprint density at radius 2 is 1.47 bits per heavy atom. The van der Waals surface area contributed by atoms with Crippen molar-refractivity contribution in [3.05, 3.63) is 34.9 Å². The van der Waals surface area contributed by atoms with Crippen LogP contribution < -0.4 is 0 Å². The van der Waals surface area contributed by atoms with Crippen molar-refractivity contribution in [3.8, 4) is 0 Å². The molecule has 0 bridgehead atoms. The van der Waals surface area contributed by atoms with E-state index in [4.69, 9.17) is 4.74 Å². The van der Waals surface area contributed by atoms with Crippen LogP contribution in [0.15, 0.2) is 18.2 Å². The maximum Gasteiger partial charge on any atom is 0.338 e. The lowest BCUT2D eigenvalue weighted by atomic mass is 9.89. The van der Waals surface area contributed by atoms with Gasteiger partial charge in [-0.2, -0.15) is 0 Å². The van der Waals surface area contributed by atoms with Crippen LogP contribution in [0, 0.1) is 0 Å². The third-order valence-corrected chi connectivity index (χ3v) is 3.85. The minimum absolute atomic E-state index is 0.211. The van der Waals surface area contributed by atoms with Gasteiger partial charge in [0, 0.05) is 0 Å². The summed E-state index contributed by atoms with van der Waals surface area (Å²) in [5, 5.41) is 0. The van der Waals surface area contributed by atoms with Crippen molar-refractivity contribution in [2.45, 2.75) is 59.3 Å². The maximum absolute atomic E-state index is 11.9. The highest BCUT2D eigenvalue weighted by Crippen LogP contribution is 2.27. The van der Waals surface area contributed by atoms with Gasteiger partial charge in [0.1, 0.15) is 0 Å². The number of hydrogen-bond acceptors (Lipinski definition) is 2. The summed E-state index contributed by atoms with van der Waals surface area (Å²) >= 11 is 0. The van der Waals surface area contributed by atoms with Gasteiger partial charge < -0.3 is 4.74 Å². The number of benzene rings is 1. The molecule has 106 valence electrons. The number of rotatable bonds is 6. The van der Waals surface area contributed by atoms with Gasteiger partial charge in [0.15, 0.2) is 0 Å². The first-order valence-electron chi connectivity index (χ1n) is 7.35. The summed E-state index contributed by atoms with van der Waals surface area (Å²) in [6.07, 6.45) is 2.15. The van der Waals surface area contributed by atoms with E-state index in [9.17, 15) is 4.79 Å². The first-order valence-corrected chi connectivity index (χ1v) is 7.35. The average molecular weight is 262 g/mol. The van der Waals surface area contributed by atoms with E-state index in [1.807, 2.05) is 19.1 Å². The summed E-state index contributed by atoms with van der Waals surface area (Å²) in [4.78, 5) is 11.9. The minimum Gasteiger partial charge on any atom is -0.462 e. The second kappa shape index (κ2) is 7.32. The van der Waals surface area contributed by atoms with Gasteiger partial charge >= 0.3 is 5.97 Å². The van der Waals surface area contributed by atoms with E-state index in [0.29, 0.717) is 24.0 Å². The molecule has 2 atom stereocenters. The number of esters is 1. The maximum atomic E-state index is 11.9. The molecule has 0 heterocycles. The molecule has 0 saturated carbocycles. The van der Waals surface area contributed by atoms with Gasteiger partial charge in [-0.3, -0.25) is 0 Å². The molecule has 0 N–H and O–H groups in total. The molecule has 0 amide bonds. The van der Waals surface area contributed by atoms with Crippen molar-refractivity contribution in [1.82, 2.24) is 0 Å². The smallest absolute Gasteiger partial charge is 0.338 e. The lowest BCUT2D eigenvalue weighted by Gasteiger charge is -2.16. The van der Waals surface area contributed by atoms with Gasteiger partial charge in [0.05, 0.1) is 12.2 Å². The predicted molar refractivity (Wildman–Crippen MR) is 79.8 cm³/mol. The molecule has 0 aliphatic heterocycles. The van der Waals surface area contributed by atoms with Crippen molar-refractivity contribution >= 4 is 5.97 Å². The fourth-order valence-corrected chi connectivity index (χ4v) is 2.05. The summed E-state index contributed by atoms with van der Waals surface area (Å²) in [6.45, 7) is 11.0. The largest absolute Gasteiger partial charge is 0.462 e. The van der Waals surface area contributed by atoms with Crippen molar-refractivity contribution in [2.24, 2.45) is 0 Å². The normalized spacial score (nSPS) is 13.9. The quantitative estimate of drug-likeness (QED) is 0.682. The molecular weight excluding hydrogens is 236 g/mol. The Balaban J connectivity index is 3.19.